The molecule has 0 bridgehead atoms. The summed E-state index contributed by atoms with van der Waals surface area (Å²) in [5.74, 6) is 0. The van der Waals surface area contributed by atoms with E-state index in [0.29, 0.717) is 18.8 Å². The minimum absolute atomic E-state index is 0.160. The van der Waals surface area contributed by atoms with Crippen LogP contribution in [0.4, 0.5) is 0 Å². The molecule has 1 saturated heterocycles. The first-order valence-corrected chi connectivity index (χ1v) is 8.48. The predicted octanol–water partition coefficient (Wildman–Crippen LogP) is 1.65. The first-order valence-electron chi connectivity index (χ1n) is 8.48. The van der Waals surface area contributed by atoms with Crippen molar-refractivity contribution in [1.29, 1.82) is 0 Å². The van der Waals surface area contributed by atoms with Gasteiger partial charge in [-0.1, -0.05) is 18.2 Å². The molecule has 130 valence electrons. The minimum atomic E-state index is -0.168. The van der Waals surface area contributed by atoms with Gasteiger partial charge in [-0.2, -0.15) is 10.2 Å². The Labute approximate surface area is 145 Å². The van der Waals surface area contributed by atoms with Crippen molar-refractivity contribution in [3.8, 4) is 5.69 Å². The third kappa shape index (κ3) is 3.08. The Bertz CT molecular complexity index is 934. The van der Waals surface area contributed by atoms with Crippen LogP contribution in [0, 0.1) is 0 Å². The second-order valence-corrected chi connectivity index (χ2v) is 6.57. The van der Waals surface area contributed by atoms with E-state index < -0.39 is 0 Å². The van der Waals surface area contributed by atoms with Gasteiger partial charge in [0.05, 0.1) is 31.3 Å². The molecule has 25 heavy (non-hydrogen) atoms. The van der Waals surface area contributed by atoms with Crippen molar-refractivity contribution < 1.29 is 4.74 Å². The van der Waals surface area contributed by atoms with Crippen LogP contribution < -0.4 is 5.56 Å². The first kappa shape index (κ1) is 16.0. The van der Waals surface area contributed by atoms with Crippen molar-refractivity contribution in [3.63, 3.8) is 0 Å². The summed E-state index contributed by atoms with van der Waals surface area (Å²) in [6.45, 7) is 6.04. The van der Waals surface area contributed by atoms with E-state index in [1.807, 2.05) is 43.5 Å². The van der Waals surface area contributed by atoms with Crippen LogP contribution in [0.5, 0.6) is 0 Å². The highest BCUT2D eigenvalue weighted by atomic mass is 16.5. The van der Waals surface area contributed by atoms with Gasteiger partial charge in [0.1, 0.15) is 0 Å². The first-order chi connectivity index (χ1) is 12.1. The van der Waals surface area contributed by atoms with Gasteiger partial charge in [-0.15, -0.1) is 0 Å². The third-order valence-electron chi connectivity index (χ3n) is 4.59. The topological polar surface area (TPSA) is 65.2 Å². The summed E-state index contributed by atoms with van der Waals surface area (Å²) in [4.78, 5) is 15.0. The molecule has 3 aromatic rings. The van der Waals surface area contributed by atoms with E-state index in [4.69, 9.17) is 4.74 Å². The van der Waals surface area contributed by atoms with E-state index in [2.05, 4.69) is 22.0 Å². The third-order valence-corrected chi connectivity index (χ3v) is 4.59. The number of fused-ring (bicyclic) bond motifs is 1. The lowest BCUT2D eigenvalue weighted by atomic mass is 10.2. The minimum Gasteiger partial charge on any atom is -0.376 e. The SMILES string of the molecule is C[C@@H]1CN(Cn2ncc3cn(-c4ccccc4)nc3c2=O)[C@@H](C)CO1. The normalized spacial score (nSPS) is 21.7. The molecule has 1 fully saturated rings. The molecular formula is C18H21N5O2. The van der Waals surface area contributed by atoms with Crippen LogP contribution >= 0.6 is 0 Å². The monoisotopic (exact) mass is 339 g/mol. The second kappa shape index (κ2) is 6.42. The van der Waals surface area contributed by atoms with Crippen LogP contribution in [0.15, 0.2) is 47.5 Å². The fourth-order valence-electron chi connectivity index (χ4n) is 3.11. The van der Waals surface area contributed by atoms with Crippen molar-refractivity contribution in [1.82, 2.24) is 24.5 Å². The van der Waals surface area contributed by atoms with Crippen molar-refractivity contribution in [2.75, 3.05) is 13.2 Å². The van der Waals surface area contributed by atoms with Crippen LogP contribution in [0.25, 0.3) is 16.6 Å². The quantitative estimate of drug-likeness (QED) is 0.726. The highest BCUT2D eigenvalue weighted by molar-refractivity contribution is 5.76. The molecule has 0 spiro atoms. The lowest BCUT2D eigenvalue weighted by Gasteiger charge is -2.36. The molecule has 7 heteroatoms. The molecule has 1 aliphatic heterocycles. The molecule has 0 saturated carbocycles. The van der Waals surface area contributed by atoms with Crippen LogP contribution in [0.2, 0.25) is 0 Å². The van der Waals surface area contributed by atoms with Crippen molar-refractivity contribution in [2.24, 2.45) is 0 Å². The average Bonchev–Trinajstić information content (AvgIpc) is 3.06. The predicted molar refractivity (Wildman–Crippen MR) is 94.7 cm³/mol. The number of para-hydroxylation sites is 1. The fraction of sp³-hybridized carbons (Fsp3) is 0.389. The van der Waals surface area contributed by atoms with Crippen LogP contribution in [0.1, 0.15) is 13.8 Å². The molecule has 1 aromatic carbocycles. The van der Waals surface area contributed by atoms with Gasteiger partial charge in [0, 0.05) is 24.2 Å². The maximum Gasteiger partial charge on any atom is 0.296 e. The number of morpholine rings is 1. The molecule has 0 radical (unpaired) electrons. The Hall–Kier alpha value is -2.51. The smallest absolute Gasteiger partial charge is 0.296 e. The van der Waals surface area contributed by atoms with Gasteiger partial charge in [-0.25, -0.2) is 9.36 Å². The molecule has 7 nitrogen and oxygen atoms in total. The molecular weight excluding hydrogens is 318 g/mol. The Morgan fingerprint density at radius 1 is 1.24 bits per heavy atom. The van der Waals surface area contributed by atoms with E-state index >= 15 is 0 Å². The van der Waals surface area contributed by atoms with E-state index in [0.717, 1.165) is 17.6 Å². The summed E-state index contributed by atoms with van der Waals surface area (Å²) in [5, 5.41) is 9.55. The molecule has 0 N–H and O–H groups in total. The maximum absolute atomic E-state index is 12.8. The van der Waals surface area contributed by atoms with E-state index in [-0.39, 0.29) is 17.7 Å². The Balaban J connectivity index is 1.67. The van der Waals surface area contributed by atoms with Gasteiger partial charge >= 0.3 is 0 Å². The van der Waals surface area contributed by atoms with Crippen molar-refractivity contribution in [3.05, 3.63) is 53.1 Å². The van der Waals surface area contributed by atoms with Crippen molar-refractivity contribution in [2.45, 2.75) is 32.7 Å². The fourth-order valence-corrected chi connectivity index (χ4v) is 3.11. The summed E-state index contributed by atoms with van der Waals surface area (Å²) < 4.78 is 8.85. The van der Waals surface area contributed by atoms with Gasteiger partial charge in [0.2, 0.25) is 0 Å². The summed E-state index contributed by atoms with van der Waals surface area (Å²) in [7, 11) is 0. The zero-order chi connectivity index (χ0) is 17.4. The molecule has 1 aliphatic rings. The second-order valence-electron chi connectivity index (χ2n) is 6.57. The van der Waals surface area contributed by atoms with Gasteiger partial charge in [-0.3, -0.25) is 9.69 Å². The number of ether oxygens (including phenoxy) is 1. The van der Waals surface area contributed by atoms with E-state index in [1.54, 1.807) is 10.9 Å². The van der Waals surface area contributed by atoms with Gasteiger partial charge in [-0.05, 0) is 26.0 Å². The Morgan fingerprint density at radius 3 is 2.84 bits per heavy atom. The summed E-state index contributed by atoms with van der Waals surface area (Å²) in [6, 6.07) is 10.00. The van der Waals surface area contributed by atoms with Gasteiger partial charge in [0.15, 0.2) is 5.52 Å². The van der Waals surface area contributed by atoms with Crippen LogP contribution in [0.3, 0.4) is 0 Å². The number of hydrogen-bond donors (Lipinski definition) is 0. The highest BCUT2D eigenvalue weighted by Gasteiger charge is 2.24. The molecule has 2 atom stereocenters. The van der Waals surface area contributed by atoms with Gasteiger partial charge in [0.25, 0.3) is 5.56 Å². The van der Waals surface area contributed by atoms with E-state index in [1.165, 1.54) is 4.68 Å². The standard InChI is InChI=1S/C18H21N5O2/c1-13-11-25-14(2)9-21(13)12-23-18(24)17-15(8-19-23)10-22(20-17)16-6-4-3-5-7-16/h3-8,10,13-14H,9,11-12H2,1-2H3/t13-,14+/m0/s1. The molecule has 4 rings (SSSR count). The highest BCUT2D eigenvalue weighted by Crippen LogP contribution is 2.14. The van der Waals surface area contributed by atoms with Crippen LogP contribution in [-0.2, 0) is 11.4 Å². The Kier molecular flexibility index (Phi) is 4.10. The average molecular weight is 339 g/mol. The number of rotatable bonds is 3. The number of hydrogen-bond acceptors (Lipinski definition) is 5. The molecule has 0 amide bonds. The number of nitrogens with zero attached hydrogens (tertiary/aromatic N) is 5. The lowest BCUT2D eigenvalue weighted by molar-refractivity contribution is -0.0627. The van der Waals surface area contributed by atoms with Gasteiger partial charge < -0.3 is 4.74 Å². The largest absolute Gasteiger partial charge is 0.376 e. The molecule has 0 aliphatic carbocycles. The molecule has 2 aromatic heterocycles. The summed E-state index contributed by atoms with van der Waals surface area (Å²) in [5.41, 5.74) is 1.19. The Morgan fingerprint density at radius 2 is 2.04 bits per heavy atom. The molecule has 0 unspecified atom stereocenters. The summed E-state index contributed by atoms with van der Waals surface area (Å²) in [6.07, 6.45) is 3.70. The van der Waals surface area contributed by atoms with Crippen molar-refractivity contribution >= 4 is 10.9 Å². The lowest BCUT2D eigenvalue weighted by Crippen LogP contribution is -2.49. The zero-order valence-electron chi connectivity index (χ0n) is 14.4. The zero-order valence-corrected chi connectivity index (χ0v) is 14.4. The maximum atomic E-state index is 12.8. The van der Waals surface area contributed by atoms with Crippen LogP contribution in [-0.4, -0.2) is 49.8 Å². The molecule has 3 heterocycles. The number of aromatic nitrogens is 4. The summed E-state index contributed by atoms with van der Waals surface area (Å²) >= 11 is 0. The van der Waals surface area contributed by atoms with E-state index in [9.17, 15) is 4.79 Å². The number of benzene rings is 1.